The molecule has 2 fully saturated rings. The number of phenolic OH excluding ortho intramolecular Hbond substituents is 2. The monoisotopic (exact) mass is 733 g/mol. The van der Waals surface area contributed by atoms with Crippen molar-refractivity contribution in [3.63, 3.8) is 0 Å². The number of aliphatic hydroxyl groups is 2. The lowest BCUT2D eigenvalue weighted by Gasteiger charge is -2.22. The number of aromatic nitrogens is 6. The van der Waals surface area contributed by atoms with Crippen molar-refractivity contribution in [3.8, 4) is 11.5 Å². The largest absolute Gasteiger partial charge is 0.508 e. The van der Waals surface area contributed by atoms with Crippen LogP contribution in [0.1, 0.15) is 64.5 Å². The zero-order valence-corrected chi connectivity index (χ0v) is 29.2. The molecule has 8 rings (SSSR count). The number of hydrogen-bond acceptors (Lipinski definition) is 14. The van der Waals surface area contributed by atoms with Crippen molar-refractivity contribution in [2.24, 2.45) is 0 Å². The summed E-state index contributed by atoms with van der Waals surface area (Å²) >= 11 is 0. The molecule has 54 heavy (non-hydrogen) atoms. The number of benzene rings is 2. The van der Waals surface area contributed by atoms with Gasteiger partial charge in [0.1, 0.15) is 29.8 Å². The quantitative estimate of drug-likeness (QED) is 0.113. The van der Waals surface area contributed by atoms with Crippen molar-refractivity contribution < 1.29 is 34.5 Å². The molecule has 4 aromatic heterocycles. The lowest BCUT2D eigenvalue weighted by Crippen LogP contribution is -2.37. The number of ether oxygens (including phenoxy) is 1. The first kappa shape index (κ1) is 35.0. The number of imidazole rings is 1. The van der Waals surface area contributed by atoms with Crippen LogP contribution in [-0.4, -0.2) is 93.9 Å². The van der Waals surface area contributed by atoms with Gasteiger partial charge >= 0.3 is 0 Å². The van der Waals surface area contributed by atoms with E-state index in [1.54, 1.807) is 59.4 Å². The standard InChI is InChI=1S/C38H39N9O7/c1-2-24-17-29(54-45-24)33-31(50)32(51)37(53-33)47-20-41-30-34(40-18-28(21-3-7-26(48)8-4-21)22-5-9-27(49)10-6-22)43-38(44-35(30)47)46-16-13-25(19-46)42-36(52)23-11-14-39-15-12-23/h3-12,14-15,17,20,25,28,31-33,37,48-51H,2,13,16,18-19H2,1H3,(H,42,52)(H,40,43,44)/t25-,31+,32+,33-,37-/m1/s1. The highest BCUT2D eigenvalue weighted by Crippen LogP contribution is 2.41. The van der Waals surface area contributed by atoms with E-state index in [4.69, 9.17) is 19.2 Å². The zero-order chi connectivity index (χ0) is 37.3. The summed E-state index contributed by atoms with van der Waals surface area (Å²) in [4.78, 5) is 33.4. The first-order valence-electron chi connectivity index (χ1n) is 17.7. The minimum absolute atomic E-state index is 0.141. The number of phenols is 2. The van der Waals surface area contributed by atoms with Crippen molar-refractivity contribution >= 4 is 28.8 Å². The maximum atomic E-state index is 12.9. The Bertz CT molecular complexity index is 2180. The molecular weight excluding hydrogens is 694 g/mol. The minimum Gasteiger partial charge on any atom is -0.508 e. The minimum atomic E-state index is -1.36. The fraction of sp³-hybridized carbons (Fsp3) is 0.316. The van der Waals surface area contributed by atoms with Gasteiger partial charge in [0.05, 0.1) is 12.0 Å². The number of carbonyl (C=O) groups is 1. The molecule has 0 unspecified atom stereocenters. The molecule has 0 radical (unpaired) electrons. The summed E-state index contributed by atoms with van der Waals surface area (Å²) in [6.07, 6.45) is 1.20. The number of nitrogens with one attached hydrogen (secondary N) is 2. The van der Waals surface area contributed by atoms with Crippen LogP contribution in [-0.2, 0) is 11.2 Å². The Labute approximate surface area is 309 Å². The summed E-state index contributed by atoms with van der Waals surface area (Å²) < 4.78 is 13.3. The number of aryl methyl sites for hydroxylation is 1. The van der Waals surface area contributed by atoms with Crippen LogP contribution < -0.4 is 15.5 Å². The lowest BCUT2D eigenvalue weighted by atomic mass is 9.91. The number of carbonyl (C=O) groups excluding carboxylic acids is 1. The molecule has 16 heteroatoms. The summed E-state index contributed by atoms with van der Waals surface area (Å²) in [7, 11) is 0. The Kier molecular flexibility index (Phi) is 9.54. The molecule has 0 saturated carbocycles. The maximum Gasteiger partial charge on any atom is 0.251 e. The molecule has 0 bridgehead atoms. The first-order chi connectivity index (χ1) is 26.2. The Morgan fingerprint density at radius 2 is 1.67 bits per heavy atom. The molecule has 5 atom stereocenters. The lowest BCUT2D eigenvalue weighted by molar-refractivity contribution is -0.0434. The number of amides is 1. The van der Waals surface area contributed by atoms with Gasteiger partial charge in [0, 0.05) is 55.6 Å². The van der Waals surface area contributed by atoms with Crippen LogP contribution in [0.2, 0.25) is 0 Å². The molecule has 6 heterocycles. The van der Waals surface area contributed by atoms with Gasteiger partial charge < -0.3 is 45.2 Å². The van der Waals surface area contributed by atoms with E-state index in [1.165, 1.54) is 6.33 Å². The van der Waals surface area contributed by atoms with Gasteiger partial charge in [-0.15, -0.1) is 0 Å². The zero-order valence-electron chi connectivity index (χ0n) is 29.2. The van der Waals surface area contributed by atoms with E-state index >= 15 is 0 Å². The highest BCUT2D eigenvalue weighted by molar-refractivity contribution is 5.94. The molecule has 2 aliphatic rings. The fourth-order valence-corrected chi connectivity index (χ4v) is 6.98. The summed E-state index contributed by atoms with van der Waals surface area (Å²) in [6.45, 7) is 3.26. The highest BCUT2D eigenvalue weighted by atomic mass is 16.6. The predicted molar refractivity (Wildman–Crippen MR) is 195 cm³/mol. The second-order valence-electron chi connectivity index (χ2n) is 13.5. The van der Waals surface area contributed by atoms with E-state index < -0.39 is 24.5 Å². The van der Waals surface area contributed by atoms with Crippen LogP contribution in [0.3, 0.4) is 0 Å². The summed E-state index contributed by atoms with van der Waals surface area (Å²) in [5.41, 5.74) is 3.78. The molecule has 2 aliphatic heterocycles. The molecule has 2 saturated heterocycles. The maximum absolute atomic E-state index is 12.9. The van der Waals surface area contributed by atoms with Crippen LogP contribution in [0.15, 0.2) is 90.0 Å². The van der Waals surface area contributed by atoms with Crippen LogP contribution in [0.5, 0.6) is 11.5 Å². The summed E-state index contributed by atoms with van der Waals surface area (Å²) in [6, 6.07) is 18.7. The van der Waals surface area contributed by atoms with E-state index in [0.717, 1.165) is 11.1 Å². The van der Waals surface area contributed by atoms with E-state index in [1.807, 2.05) is 36.1 Å². The predicted octanol–water partition coefficient (Wildman–Crippen LogP) is 3.43. The van der Waals surface area contributed by atoms with Gasteiger partial charge in [-0.05, 0) is 60.4 Å². The second-order valence-corrected chi connectivity index (χ2v) is 13.5. The average molecular weight is 734 g/mol. The Morgan fingerprint density at radius 1 is 0.963 bits per heavy atom. The number of aliphatic hydroxyl groups excluding tert-OH is 2. The van der Waals surface area contributed by atoms with Crippen molar-refractivity contribution in [2.45, 2.75) is 56.3 Å². The van der Waals surface area contributed by atoms with Crippen LogP contribution in [0, 0.1) is 0 Å². The van der Waals surface area contributed by atoms with Gasteiger partial charge in [-0.25, -0.2) is 4.98 Å². The van der Waals surface area contributed by atoms with E-state index in [9.17, 15) is 25.2 Å². The van der Waals surface area contributed by atoms with Gasteiger partial charge in [-0.3, -0.25) is 14.3 Å². The van der Waals surface area contributed by atoms with Gasteiger partial charge in [0.25, 0.3) is 5.91 Å². The Balaban J connectivity index is 1.13. The Morgan fingerprint density at radius 3 is 2.33 bits per heavy atom. The molecular formula is C38H39N9O7. The Hall–Kier alpha value is -6.10. The average Bonchev–Trinajstić information content (AvgIpc) is 4.01. The summed E-state index contributed by atoms with van der Waals surface area (Å²) in [5.74, 6) is 0.930. The molecule has 278 valence electrons. The number of fused-ring (bicyclic) bond motifs is 1. The van der Waals surface area contributed by atoms with Crippen molar-refractivity contribution in [1.29, 1.82) is 0 Å². The highest BCUT2D eigenvalue weighted by Gasteiger charge is 2.47. The molecule has 0 spiro atoms. The SMILES string of the molecule is CCc1cc([C@H]2O[C@@H](n3cnc4c(NCC(c5ccc(O)cc5)c5ccc(O)cc5)nc(N5CC[C@@H](NC(=O)c6ccncc6)C5)nc43)[C@@H](O)[C@@H]2O)on1. The number of nitrogens with zero attached hydrogens (tertiary/aromatic N) is 7. The van der Waals surface area contributed by atoms with Crippen LogP contribution >= 0.6 is 0 Å². The van der Waals surface area contributed by atoms with Gasteiger partial charge in [-0.1, -0.05) is 36.3 Å². The second kappa shape index (κ2) is 14.7. The number of aromatic hydroxyl groups is 2. The third kappa shape index (κ3) is 6.89. The molecule has 16 nitrogen and oxygen atoms in total. The van der Waals surface area contributed by atoms with Gasteiger partial charge in [-0.2, -0.15) is 9.97 Å². The number of rotatable bonds is 11. The molecule has 0 aliphatic carbocycles. The number of anilines is 2. The molecule has 1 amide bonds. The smallest absolute Gasteiger partial charge is 0.251 e. The molecule has 6 N–H and O–H groups in total. The van der Waals surface area contributed by atoms with Crippen LogP contribution in [0.25, 0.3) is 11.2 Å². The van der Waals surface area contributed by atoms with Crippen LogP contribution in [0.4, 0.5) is 11.8 Å². The fourth-order valence-electron chi connectivity index (χ4n) is 6.98. The normalized spacial score (nSPS) is 21.3. The number of hydrogen-bond donors (Lipinski definition) is 6. The van der Waals surface area contributed by atoms with Gasteiger partial charge in [0.2, 0.25) is 5.95 Å². The third-order valence-electron chi connectivity index (χ3n) is 9.96. The van der Waals surface area contributed by atoms with Crippen molar-refractivity contribution in [1.82, 2.24) is 35.0 Å². The molecule has 6 aromatic rings. The molecule has 2 aromatic carbocycles. The van der Waals surface area contributed by atoms with Crippen molar-refractivity contribution in [2.75, 3.05) is 29.9 Å². The topological polar surface area (TPSA) is 217 Å². The van der Waals surface area contributed by atoms with E-state index in [0.29, 0.717) is 72.4 Å². The summed E-state index contributed by atoms with van der Waals surface area (Å²) in [5, 5.41) is 52.9. The number of pyridine rings is 1. The first-order valence-corrected chi connectivity index (χ1v) is 17.7. The van der Waals surface area contributed by atoms with E-state index in [-0.39, 0.29) is 29.4 Å². The van der Waals surface area contributed by atoms with Gasteiger partial charge in [0.15, 0.2) is 29.0 Å². The van der Waals surface area contributed by atoms with Crippen molar-refractivity contribution in [3.05, 3.63) is 114 Å². The van der Waals surface area contributed by atoms with E-state index in [2.05, 4.69) is 25.8 Å². The third-order valence-corrected chi connectivity index (χ3v) is 9.96.